The van der Waals surface area contributed by atoms with Gasteiger partial charge in [0.2, 0.25) is 15.9 Å². The van der Waals surface area contributed by atoms with E-state index in [-0.39, 0.29) is 5.91 Å². The van der Waals surface area contributed by atoms with Crippen molar-refractivity contribution in [1.82, 2.24) is 14.5 Å². The minimum absolute atomic E-state index is 0.217. The third kappa shape index (κ3) is 7.15. The summed E-state index contributed by atoms with van der Waals surface area (Å²) in [5.41, 5.74) is 0. The zero-order valence-corrected chi connectivity index (χ0v) is 20.3. The van der Waals surface area contributed by atoms with Crippen molar-refractivity contribution in [2.24, 2.45) is 5.92 Å². The largest absolute Gasteiger partial charge is 0.379 e. The van der Waals surface area contributed by atoms with Crippen LogP contribution in [0, 0.1) is 11.7 Å². The van der Waals surface area contributed by atoms with Gasteiger partial charge >= 0.3 is 0 Å². The van der Waals surface area contributed by atoms with Gasteiger partial charge in [-0.05, 0) is 62.3 Å². The Kier molecular flexibility index (Phi) is 9.78. The Morgan fingerprint density at radius 3 is 2.56 bits per heavy atom. The zero-order valence-electron chi connectivity index (χ0n) is 18.7. The summed E-state index contributed by atoms with van der Waals surface area (Å²) in [4.78, 5) is 16.9. The maximum Gasteiger partial charge on any atom is 0.244 e. The molecule has 0 aromatic heterocycles. The van der Waals surface area contributed by atoms with Crippen LogP contribution in [0.15, 0.2) is 29.2 Å². The number of carbonyl (C=O) groups excluding carboxylic acids is 1. The van der Waals surface area contributed by atoms with E-state index in [0.717, 1.165) is 58.2 Å². The summed E-state index contributed by atoms with van der Waals surface area (Å²) in [5.74, 6) is 0.163. The molecule has 10 heteroatoms. The second-order valence-electron chi connectivity index (χ2n) is 8.40. The average Bonchev–Trinajstić information content (AvgIpc) is 2.81. The molecule has 1 amide bonds. The van der Waals surface area contributed by atoms with Crippen molar-refractivity contribution in [3.63, 3.8) is 0 Å². The van der Waals surface area contributed by atoms with Crippen molar-refractivity contribution in [3.05, 3.63) is 30.1 Å². The predicted molar refractivity (Wildman–Crippen MR) is 125 cm³/mol. The fourth-order valence-corrected chi connectivity index (χ4v) is 6.01. The zero-order chi connectivity index (χ0) is 23.0. The second kappa shape index (κ2) is 12.3. The van der Waals surface area contributed by atoms with E-state index in [9.17, 15) is 17.6 Å². The van der Waals surface area contributed by atoms with Crippen molar-refractivity contribution in [2.75, 3.05) is 57.9 Å². The number of nitrogens with zero attached hydrogens (tertiary/aromatic N) is 2. The standard InChI is InChI=1S/C22H34FN3O4S2/c1-31-17-9-20(24-32(28,29)21-5-3-2-4-19(21)23)22(27)26-11-7-18(8-12-26)6-10-25-13-15-30-16-14-25/h2-5,18,20,24H,6-17H2,1H3. The van der Waals surface area contributed by atoms with Crippen LogP contribution in [0.2, 0.25) is 0 Å². The molecule has 0 bridgehead atoms. The first kappa shape index (κ1) is 25.4. The van der Waals surface area contributed by atoms with Crippen molar-refractivity contribution < 1.29 is 22.3 Å². The van der Waals surface area contributed by atoms with Gasteiger partial charge in [0, 0.05) is 26.2 Å². The number of morpholine rings is 1. The predicted octanol–water partition coefficient (Wildman–Crippen LogP) is 2.19. The number of nitrogens with one attached hydrogen (secondary N) is 1. The van der Waals surface area contributed by atoms with Crippen molar-refractivity contribution in [3.8, 4) is 0 Å². The van der Waals surface area contributed by atoms with Gasteiger partial charge in [-0.2, -0.15) is 16.5 Å². The van der Waals surface area contributed by atoms with Crippen molar-refractivity contribution >= 4 is 27.7 Å². The van der Waals surface area contributed by atoms with Crippen LogP contribution in [-0.4, -0.2) is 88.1 Å². The number of piperidine rings is 1. The SMILES string of the molecule is CSCCC(NS(=O)(=O)c1ccccc1F)C(=O)N1CCC(CCN2CCOCC2)CC1. The molecule has 1 aromatic rings. The van der Waals surface area contributed by atoms with Gasteiger partial charge in [0.1, 0.15) is 16.8 Å². The quantitative estimate of drug-likeness (QED) is 0.545. The Hall–Kier alpha value is -1.20. The Labute approximate surface area is 195 Å². The molecule has 180 valence electrons. The number of halogens is 1. The lowest BCUT2D eigenvalue weighted by molar-refractivity contribution is -0.134. The van der Waals surface area contributed by atoms with Crippen LogP contribution in [0.1, 0.15) is 25.7 Å². The number of hydrogen-bond donors (Lipinski definition) is 1. The van der Waals surface area contributed by atoms with Gasteiger partial charge in [-0.1, -0.05) is 12.1 Å². The molecule has 2 heterocycles. The Balaban J connectivity index is 1.56. The molecule has 0 aliphatic carbocycles. The minimum Gasteiger partial charge on any atom is -0.379 e. The topological polar surface area (TPSA) is 79.0 Å². The van der Waals surface area contributed by atoms with E-state index >= 15 is 0 Å². The van der Waals surface area contributed by atoms with Crippen LogP contribution in [0.4, 0.5) is 4.39 Å². The summed E-state index contributed by atoms with van der Waals surface area (Å²) < 4.78 is 47.4. The van der Waals surface area contributed by atoms with E-state index in [1.165, 1.54) is 18.2 Å². The number of hydrogen-bond acceptors (Lipinski definition) is 6. The van der Waals surface area contributed by atoms with Gasteiger partial charge in [0.15, 0.2) is 0 Å². The second-order valence-corrected chi connectivity index (χ2v) is 11.1. The molecule has 1 aromatic carbocycles. The third-order valence-corrected chi connectivity index (χ3v) is 8.36. The molecule has 0 spiro atoms. The van der Waals surface area contributed by atoms with Crippen molar-refractivity contribution in [1.29, 1.82) is 0 Å². The Morgan fingerprint density at radius 2 is 1.91 bits per heavy atom. The number of ether oxygens (including phenoxy) is 1. The fourth-order valence-electron chi connectivity index (χ4n) is 4.23. The molecular weight excluding hydrogens is 453 g/mol. The highest BCUT2D eigenvalue weighted by Gasteiger charge is 2.32. The van der Waals surface area contributed by atoms with E-state index in [1.54, 1.807) is 16.7 Å². The van der Waals surface area contributed by atoms with Crippen LogP contribution < -0.4 is 4.72 Å². The van der Waals surface area contributed by atoms with E-state index in [2.05, 4.69) is 9.62 Å². The van der Waals surface area contributed by atoms with Crippen LogP contribution in [0.3, 0.4) is 0 Å². The van der Waals surface area contributed by atoms with Gasteiger partial charge in [-0.3, -0.25) is 9.69 Å². The molecule has 2 saturated heterocycles. The first-order valence-electron chi connectivity index (χ1n) is 11.3. The van der Waals surface area contributed by atoms with Crippen LogP contribution in [0.5, 0.6) is 0 Å². The summed E-state index contributed by atoms with van der Waals surface area (Å²) in [7, 11) is -4.13. The summed E-state index contributed by atoms with van der Waals surface area (Å²) >= 11 is 1.55. The summed E-state index contributed by atoms with van der Waals surface area (Å²) in [6.45, 7) is 5.88. The Morgan fingerprint density at radius 1 is 1.22 bits per heavy atom. The summed E-state index contributed by atoms with van der Waals surface area (Å²) in [5, 5.41) is 0. The summed E-state index contributed by atoms with van der Waals surface area (Å²) in [6.07, 6.45) is 5.23. The molecule has 3 rings (SSSR count). The Bertz CT molecular complexity index is 841. The number of rotatable bonds is 10. The van der Waals surface area contributed by atoms with Crippen LogP contribution >= 0.6 is 11.8 Å². The first-order valence-corrected chi connectivity index (χ1v) is 14.1. The van der Waals surface area contributed by atoms with Crippen LogP contribution in [-0.2, 0) is 19.6 Å². The molecule has 1 atom stereocenters. The van der Waals surface area contributed by atoms with Crippen LogP contribution in [0.25, 0.3) is 0 Å². The lowest BCUT2D eigenvalue weighted by Crippen LogP contribution is -2.51. The number of benzene rings is 1. The third-order valence-electron chi connectivity index (χ3n) is 6.22. The molecule has 2 fully saturated rings. The van der Waals surface area contributed by atoms with Crippen molar-refractivity contribution in [2.45, 2.75) is 36.6 Å². The molecule has 0 radical (unpaired) electrons. The number of sulfonamides is 1. The molecule has 0 saturated carbocycles. The molecule has 7 nitrogen and oxygen atoms in total. The number of thioether (sulfide) groups is 1. The molecule has 2 aliphatic rings. The highest BCUT2D eigenvalue weighted by molar-refractivity contribution is 7.98. The van der Waals surface area contributed by atoms with Gasteiger partial charge in [0.05, 0.1) is 13.2 Å². The lowest BCUT2D eigenvalue weighted by atomic mass is 9.93. The van der Waals surface area contributed by atoms with E-state index in [4.69, 9.17) is 4.74 Å². The normalized spacial score (nSPS) is 19.8. The average molecular weight is 488 g/mol. The number of amides is 1. The molecule has 1 unspecified atom stereocenters. The number of carbonyl (C=O) groups is 1. The smallest absolute Gasteiger partial charge is 0.244 e. The fraction of sp³-hybridized carbons (Fsp3) is 0.682. The molecule has 2 aliphatic heterocycles. The highest BCUT2D eigenvalue weighted by atomic mass is 32.2. The summed E-state index contributed by atoms with van der Waals surface area (Å²) in [6, 6.07) is 4.34. The maximum atomic E-state index is 14.1. The lowest BCUT2D eigenvalue weighted by Gasteiger charge is -2.35. The number of likely N-dealkylation sites (tertiary alicyclic amines) is 1. The van der Waals surface area contributed by atoms with Gasteiger partial charge in [-0.25, -0.2) is 12.8 Å². The molecule has 1 N–H and O–H groups in total. The van der Waals surface area contributed by atoms with Gasteiger partial charge in [0.25, 0.3) is 0 Å². The van der Waals surface area contributed by atoms with E-state index < -0.39 is 26.8 Å². The van der Waals surface area contributed by atoms with Gasteiger partial charge in [-0.15, -0.1) is 0 Å². The maximum absolute atomic E-state index is 14.1. The van der Waals surface area contributed by atoms with E-state index in [0.29, 0.717) is 31.2 Å². The minimum atomic E-state index is -4.13. The van der Waals surface area contributed by atoms with Gasteiger partial charge < -0.3 is 9.64 Å². The molecule has 32 heavy (non-hydrogen) atoms. The first-order chi connectivity index (χ1) is 15.4. The van der Waals surface area contributed by atoms with E-state index in [1.807, 2.05) is 6.26 Å². The monoisotopic (exact) mass is 487 g/mol. The highest BCUT2D eigenvalue weighted by Crippen LogP contribution is 2.23. The molecular formula is C22H34FN3O4S2.